The van der Waals surface area contributed by atoms with Gasteiger partial charge in [0, 0.05) is 18.2 Å². The van der Waals surface area contributed by atoms with E-state index in [0.717, 1.165) is 47.7 Å². The van der Waals surface area contributed by atoms with Gasteiger partial charge in [-0.05, 0) is 75.7 Å². The highest BCUT2D eigenvalue weighted by Crippen LogP contribution is 2.26. The summed E-state index contributed by atoms with van der Waals surface area (Å²) in [5, 5.41) is 12.2. The fraction of sp³-hybridized carbons (Fsp3) is 0.444. The second-order valence-corrected chi connectivity index (χ2v) is 6.47. The molecule has 0 unspecified atom stereocenters. The molecule has 23 heavy (non-hydrogen) atoms. The predicted octanol–water partition coefficient (Wildman–Crippen LogP) is 3.41. The number of anilines is 1. The van der Waals surface area contributed by atoms with E-state index in [-0.39, 0.29) is 5.82 Å². The molecular weight excluding hydrogens is 291 g/mol. The van der Waals surface area contributed by atoms with Crippen molar-refractivity contribution in [3.05, 3.63) is 41.2 Å². The molecule has 0 amide bonds. The van der Waals surface area contributed by atoms with Crippen LogP contribution >= 0.6 is 0 Å². The van der Waals surface area contributed by atoms with Crippen molar-refractivity contribution in [2.45, 2.75) is 32.7 Å². The van der Waals surface area contributed by atoms with Crippen LogP contribution in [0.5, 0.6) is 0 Å². The Morgan fingerprint density at radius 3 is 2.70 bits per heavy atom. The van der Waals surface area contributed by atoms with Gasteiger partial charge in [0.15, 0.2) is 0 Å². The molecule has 1 aromatic heterocycles. The highest BCUT2D eigenvalue weighted by atomic mass is 19.1. The number of aryl methyl sites for hydroxylation is 2. The van der Waals surface area contributed by atoms with Gasteiger partial charge in [0.2, 0.25) is 0 Å². The number of hydrogen-bond acceptors (Lipinski definition) is 4. The van der Waals surface area contributed by atoms with E-state index in [9.17, 15) is 4.39 Å². The summed E-state index contributed by atoms with van der Waals surface area (Å²) in [5.41, 5.74) is 3.66. The molecule has 1 saturated heterocycles. The molecule has 0 saturated carbocycles. The summed E-state index contributed by atoms with van der Waals surface area (Å²) in [6, 6.07) is 7.21. The van der Waals surface area contributed by atoms with Crippen molar-refractivity contribution in [3.8, 4) is 11.3 Å². The molecule has 3 rings (SSSR count). The Balaban J connectivity index is 1.80. The third-order valence-electron chi connectivity index (χ3n) is 4.40. The van der Waals surface area contributed by atoms with Crippen LogP contribution in [-0.4, -0.2) is 41.3 Å². The Morgan fingerprint density at radius 2 is 2.00 bits per heavy atom. The van der Waals surface area contributed by atoms with Gasteiger partial charge in [-0.15, -0.1) is 10.2 Å². The standard InChI is InChI=1S/C18H23FN4/c1-12-9-14(19)6-7-16(12)18-13(2)10-17(21-22-18)20-15-5-4-8-23(3)11-15/h6-7,9-10,15H,4-5,8,11H2,1-3H3,(H,20,21)/t15-/m1/s1. The van der Waals surface area contributed by atoms with E-state index in [2.05, 4.69) is 27.5 Å². The van der Waals surface area contributed by atoms with Gasteiger partial charge in [-0.1, -0.05) is 0 Å². The fourth-order valence-electron chi connectivity index (χ4n) is 3.21. The zero-order valence-corrected chi connectivity index (χ0v) is 13.9. The van der Waals surface area contributed by atoms with Crippen LogP contribution in [0.25, 0.3) is 11.3 Å². The summed E-state index contributed by atoms with van der Waals surface area (Å²) < 4.78 is 13.3. The Kier molecular flexibility index (Phi) is 4.57. The summed E-state index contributed by atoms with van der Waals surface area (Å²) >= 11 is 0. The van der Waals surface area contributed by atoms with Crippen molar-refractivity contribution < 1.29 is 4.39 Å². The fourth-order valence-corrected chi connectivity index (χ4v) is 3.21. The van der Waals surface area contributed by atoms with Crippen molar-refractivity contribution in [1.29, 1.82) is 0 Å². The summed E-state index contributed by atoms with van der Waals surface area (Å²) in [6.07, 6.45) is 2.36. The van der Waals surface area contributed by atoms with Gasteiger partial charge in [-0.3, -0.25) is 0 Å². The van der Waals surface area contributed by atoms with E-state index in [4.69, 9.17) is 0 Å². The van der Waals surface area contributed by atoms with Gasteiger partial charge < -0.3 is 10.2 Å². The van der Waals surface area contributed by atoms with Crippen molar-refractivity contribution in [2.75, 3.05) is 25.5 Å². The zero-order chi connectivity index (χ0) is 16.4. The molecule has 122 valence electrons. The molecule has 0 radical (unpaired) electrons. The van der Waals surface area contributed by atoms with Crippen molar-refractivity contribution in [2.24, 2.45) is 0 Å². The molecular formula is C18H23FN4. The van der Waals surface area contributed by atoms with E-state index in [0.29, 0.717) is 6.04 Å². The second-order valence-electron chi connectivity index (χ2n) is 6.47. The lowest BCUT2D eigenvalue weighted by molar-refractivity contribution is 0.260. The normalized spacial score (nSPS) is 18.9. The van der Waals surface area contributed by atoms with Crippen LogP contribution in [0, 0.1) is 19.7 Å². The number of likely N-dealkylation sites (N-methyl/N-ethyl adjacent to an activating group) is 1. The quantitative estimate of drug-likeness (QED) is 0.942. The lowest BCUT2D eigenvalue weighted by atomic mass is 10.0. The van der Waals surface area contributed by atoms with Crippen molar-refractivity contribution in [3.63, 3.8) is 0 Å². The number of piperidine rings is 1. The van der Waals surface area contributed by atoms with E-state index in [1.165, 1.54) is 18.6 Å². The van der Waals surface area contributed by atoms with Gasteiger partial charge in [-0.2, -0.15) is 0 Å². The van der Waals surface area contributed by atoms with E-state index in [1.807, 2.05) is 19.9 Å². The highest BCUT2D eigenvalue weighted by Gasteiger charge is 2.18. The van der Waals surface area contributed by atoms with Gasteiger partial charge in [0.25, 0.3) is 0 Å². The van der Waals surface area contributed by atoms with Crippen LogP contribution in [-0.2, 0) is 0 Å². The van der Waals surface area contributed by atoms with Crippen LogP contribution in [0.1, 0.15) is 24.0 Å². The molecule has 1 fully saturated rings. The van der Waals surface area contributed by atoms with Gasteiger partial charge in [0.1, 0.15) is 11.6 Å². The Morgan fingerprint density at radius 1 is 1.17 bits per heavy atom. The first kappa shape index (κ1) is 15.9. The SMILES string of the molecule is Cc1cc(F)ccc1-c1nnc(N[C@@H]2CCCN(C)C2)cc1C. The topological polar surface area (TPSA) is 41.1 Å². The molecule has 1 aromatic carbocycles. The van der Waals surface area contributed by atoms with E-state index < -0.39 is 0 Å². The first-order valence-corrected chi connectivity index (χ1v) is 8.09. The largest absolute Gasteiger partial charge is 0.365 e. The number of aromatic nitrogens is 2. The summed E-state index contributed by atoms with van der Waals surface area (Å²) in [5.74, 6) is 0.586. The molecule has 1 aliphatic heterocycles. The molecule has 2 aromatic rings. The third kappa shape index (κ3) is 3.67. The smallest absolute Gasteiger partial charge is 0.149 e. The van der Waals surface area contributed by atoms with Gasteiger partial charge in [-0.25, -0.2) is 4.39 Å². The second kappa shape index (κ2) is 6.62. The Bertz CT molecular complexity index is 701. The molecule has 4 nitrogen and oxygen atoms in total. The lowest BCUT2D eigenvalue weighted by Crippen LogP contribution is -2.39. The predicted molar refractivity (Wildman–Crippen MR) is 91.0 cm³/mol. The zero-order valence-electron chi connectivity index (χ0n) is 13.9. The van der Waals surface area contributed by atoms with Gasteiger partial charge in [0.05, 0.1) is 5.69 Å². The molecule has 2 heterocycles. The summed E-state index contributed by atoms with van der Waals surface area (Å²) in [6.45, 7) is 6.10. The van der Waals surface area contributed by atoms with Gasteiger partial charge >= 0.3 is 0 Å². The highest BCUT2D eigenvalue weighted by molar-refractivity contribution is 5.67. The average Bonchev–Trinajstić information content (AvgIpc) is 2.48. The lowest BCUT2D eigenvalue weighted by Gasteiger charge is -2.30. The number of benzene rings is 1. The van der Waals surface area contributed by atoms with Crippen LogP contribution in [0.4, 0.5) is 10.2 Å². The van der Waals surface area contributed by atoms with Crippen LogP contribution in [0.15, 0.2) is 24.3 Å². The maximum absolute atomic E-state index is 13.3. The number of halogens is 1. The van der Waals surface area contributed by atoms with Crippen LogP contribution in [0.2, 0.25) is 0 Å². The maximum Gasteiger partial charge on any atom is 0.149 e. The number of rotatable bonds is 3. The van der Waals surface area contributed by atoms with Crippen LogP contribution < -0.4 is 5.32 Å². The minimum absolute atomic E-state index is 0.225. The molecule has 1 aliphatic rings. The summed E-state index contributed by atoms with van der Waals surface area (Å²) in [4.78, 5) is 2.33. The number of likely N-dealkylation sites (tertiary alicyclic amines) is 1. The minimum atomic E-state index is -0.225. The Labute approximate surface area is 136 Å². The molecule has 0 spiro atoms. The monoisotopic (exact) mass is 314 g/mol. The first-order valence-electron chi connectivity index (χ1n) is 8.09. The van der Waals surface area contributed by atoms with Crippen molar-refractivity contribution >= 4 is 5.82 Å². The molecule has 0 bridgehead atoms. The minimum Gasteiger partial charge on any atom is -0.365 e. The molecule has 5 heteroatoms. The average molecular weight is 314 g/mol. The number of nitrogens with zero attached hydrogens (tertiary/aromatic N) is 3. The number of nitrogens with one attached hydrogen (secondary N) is 1. The Hall–Kier alpha value is -2.01. The van der Waals surface area contributed by atoms with E-state index >= 15 is 0 Å². The van der Waals surface area contributed by atoms with E-state index in [1.54, 1.807) is 6.07 Å². The summed E-state index contributed by atoms with van der Waals surface area (Å²) in [7, 11) is 2.14. The van der Waals surface area contributed by atoms with Crippen LogP contribution in [0.3, 0.4) is 0 Å². The maximum atomic E-state index is 13.3. The molecule has 0 aliphatic carbocycles. The number of hydrogen-bond donors (Lipinski definition) is 1. The first-order chi connectivity index (χ1) is 11.0. The molecule has 1 N–H and O–H groups in total. The molecule has 1 atom stereocenters. The third-order valence-corrected chi connectivity index (χ3v) is 4.40. The van der Waals surface area contributed by atoms with Crippen molar-refractivity contribution in [1.82, 2.24) is 15.1 Å².